The average Bonchev–Trinajstić information content (AvgIpc) is 2.90. The summed E-state index contributed by atoms with van der Waals surface area (Å²) in [6, 6.07) is 9.31. The molecule has 0 aliphatic carbocycles. The Kier molecular flexibility index (Phi) is 6.11. The molecular formula is C27H22O11. The van der Waals surface area contributed by atoms with E-state index in [4.69, 9.17) is 18.6 Å². The molecule has 1 unspecified atom stereocenters. The summed E-state index contributed by atoms with van der Waals surface area (Å²) < 4.78 is 22.0. The van der Waals surface area contributed by atoms with Crippen molar-refractivity contribution in [2.75, 3.05) is 20.3 Å². The van der Waals surface area contributed by atoms with Crippen LogP contribution in [0.1, 0.15) is 23.5 Å². The molecule has 3 aromatic carbocycles. The molecule has 0 radical (unpaired) electrons. The lowest BCUT2D eigenvalue weighted by atomic mass is 9.86. The van der Waals surface area contributed by atoms with Gasteiger partial charge in [-0.2, -0.15) is 0 Å². The van der Waals surface area contributed by atoms with E-state index in [2.05, 4.69) is 0 Å². The van der Waals surface area contributed by atoms with E-state index in [-0.39, 0.29) is 23.1 Å². The third kappa shape index (κ3) is 4.13. The summed E-state index contributed by atoms with van der Waals surface area (Å²) in [4.78, 5) is 25.7. The number of carbonyl (C=O) groups excluding carboxylic acids is 1. The zero-order valence-corrected chi connectivity index (χ0v) is 19.9. The highest BCUT2D eigenvalue weighted by atomic mass is 16.6. The van der Waals surface area contributed by atoms with E-state index in [9.17, 15) is 35.1 Å². The molecule has 1 aromatic heterocycles. The van der Waals surface area contributed by atoms with Gasteiger partial charge >= 0.3 is 5.97 Å². The summed E-state index contributed by atoms with van der Waals surface area (Å²) in [5.41, 5.74) is -0.875. The maximum absolute atomic E-state index is 13.2. The van der Waals surface area contributed by atoms with Crippen molar-refractivity contribution in [3.8, 4) is 51.6 Å². The molecule has 11 heteroatoms. The third-order valence-electron chi connectivity index (χ3n) is 6.29. The van der Waals surface area contributed by atoms with Crippen molar-refractivity contribution in [3.05, 3.63) is 63.8 Å². The van der Waals surface area contributed by atoms with Crippen molar-refractivity contribution in [3.63, 3.8) is 0 Å². The fourth-order valence-electron chi connectivity index (χ4n) is 4.45. The zero-order valence-electron chi connectivity index (χ0n) is 19.9. The van der Waals surface area contributed by atoms with E-state index >= 15 is 0 Å². The Balaban J connectivity index is 1.81. The SMILES string of the molecule is COC(=O)CC(c1ccc2c(c1)OCCO2)c1c(O)cc(O)c2c(=O)c(O)c(-c3ccc(O)c(O)c3)oc12. The first-order chi connectivity index (χ1) is 18.2. The Morgan fingerprint density at radius 2 is 1.63 bits per heavy atom. The molecule has 0 bridgehead atoms. The Bertz CT molecular complexity index is 1640. The van der Waals surface area contributed by atoms with Gasteiger partial charge < -0.3 is 44.2 Å². The number of rotatable bonds is 5. The van der Waals surface area contributed by atoms with Gasteiger partial charge in [0.15, 0.2) is 28.8 Å². The maximum atomic E-state index is 13.2. The van der Waals surface area contributed by atoms with Gasteiger partial charge in [-0.05, 0) is 35.9 Å². The zero-order chi connectivity index (χ0) is 27.1. The summed E-state index contributed by atoms with van der Waals surface area (Å²) in [5, 5.41) is 51.3. The summed E-state index contributed by atoms with van der Waals surface area (Å²) in [5.74, 6) is -4.12. The summed E-state index contributed by atoms with van der Waals surface area (Å²) in [6.45, 7) is 0.675. The fraction of sp³-hybridized carbons (Fsp3) is 0.185. The van der Waals surface area contributed by atoms with Crippen molar-refractivity contribution in [2.45, 2.75) is 12.3 Å². The van der Waals surface area contributed by atoms with Crippen molar-refractivity contribution < 1.29 is 49.0 Å². The van der Waals surface area contributed by atoms with Gasteiger partial charge in [0.05, 0.1) is 13.5 Å². The number of phenolic OH excluding ortho intramolecular Hbond substituents is 4. The topological polar surface area (TPSA) is 176 Å². The number of aromatic hydroxyl groups is 5. The number of fused-ring (bicyclic) bond motifs is 2. The monoisotopic (exact) mass is 522 g/mol. The van der Waals surface area contributed by atoms with Crippen LogP contribution in [0.3, 0.4) is 0 Å². The minimum Gasteiger partial charge on any atom is -0.507 e. The molecule has 1 aliphatic heterocycles. The molecule has 5 rings (SSSR count). The van der Waals surface area contributed by atoms with Gasteiger partial charge in [0.2, 0.25) is 11.2 Å². The van der Waals surface area contributed by atoms with Gasteiger partial charge in [-0.3, -0.25) is 9.59 Å². The molecule has 38 heavy (non-hydrogen) atoms. The van der Waals surface area contributed by atoms with E-state index in [0.717, 1.165) is 18.2 Å². The molecule has 1 aliphatic rings. The van der Waals surface area contributed by atoms with Gasteiger partial charge in [0, 0.05) is 23.1 Å². The lowest BCUT2D eigenvalue weighted by Gasteiger charge is -2.23. The number of phenols is 4. The summed E-state index contributed by atoms with van der Waals surface area (Å²) >= 11 is 0. The second kappa shape index (κ2) is 9.43. The predicted octanol–water partition coefficient (Wildman–Crippen LogP) is 3.45. The number of ether oxygens (including phenoxy) is 3. The Morgan fingerprint density at radius 3 is 2.34 bits per heavy atom. The largest absolute Gasteiger partial charge is 0.507 e. The van der Waals surface area contributed by atoms with Crippen LogP contribution < -0.4 is 14.9 Å². The Hall–Kier alpha value is -5.06. The molecule has 0 saturated carbocycles. The molecule has 5 N–H and O–H groups in total. The highest BCUT2D eigenvalue weighted by Crippen LogP contribution is 2.46. The standard InChI is InChI=1S/C27H22O11/c1-35-21(32)10-14(12-3-5-19-20(9-12)37-7-6-36-19)22-17(30)11-18(31)23-24(33)25(34)26(38-27(22)23)13-2-4-15(28)16(29)8-13/h2-5,8-9,11,14,28-31,34H,6-7,10H2,1H3. The van der Waals surface area contributed by atoms with Crippen LogP contribution in [-0.4, -0.2) is 51.8 Å². The van der Waals surface area contributed by atoms with E-state index in [1.165, 1.54) is 13.2 Å². The molecule has 0 spiro atoms. The molecule has 196 valence electrons. The van der Waals surface area contributed by atoms with Crippen LogP contribution in [-0.2, 0) is 9.53 Å². The quantitative estimate of drug-likeness (QED) is 0.192. The highest BCUT2D eigenvalue weighted by Gasteiger charge is 2.30. The molecule has 0 saturated heterocycles. The van der Waals surface area contributed by atoms with Crippen molar-refractivity contribution >= 4 is 16.9 Å². The fourth-order valence-corrected chi connectivity index (χ4v) is 4.45. The molecule has 4 aromatic rings. The van der Waals surface area contributed by atoms with Crippen LogP contribution in [0.2, 0.25) is 0 Å². The normalized spacial score (nSPS) is 13.3. The van der Waals surface area contributed by atoms with E-state index in [0.29, 0.717) is 30.3 Å². The van der Waals surface area contributed by atoms with Crippen LogP contribution in [0.15, 0.2) is 51.7 Å². The van der Waals surface area contributed by atoms with Crippen LogP contribution in [0.4, 0.5) is 0 Å². The second-order valence-corrected chi connectivity index (χ2v) is 8.58. The third-order valence-corrected chi connectivity index (χ3v) is 6.29. The van der Waals surface area contributed by atoms with E-state index in [1.807, 2.05) is 0 Å². The van der Waals surface area contributed by atoms with Crippen LogP contribution in [0, 0.1) is 0 Å². The number of methoxy groups -OCH3 is 1. The number of benzene rings is 3. The van der Waals surface area contributed by atoms with Crippen LogP contribution >= 0.6 is 0 Å². The number of hydrogen-bond donors (Lipinski definition) is 5. The first kappa shape index (κ1) is 24.6. The Morgan fingerprint density at radius 1 is 0.895 bits per heavy atom. The van der Waals surface area contributed by atoms with Crippen molar-refractivity contribution in [1.82, 2.24) is 0 Å². The lowest BCUT2D eigenvalue weighted by molar-refractivity contribution is -0.140. The summed E-state index contributed by atoms with van der Waals surface area (Å²) in [7, 11) is 1.20. The molecule has 0 fully saturated rings. The molecular weight excluding hydrogens is 500 g/mol. The molecule has 11 nitrogen and oxygen atoms in total. The smallest absolute Gasteiger partial charge is 0.306 e. The number of esters is 1. The van der Waals surface area contributed by atoms with Crippen molar-refractivity contribution in [1.29, 1.82) is 0 Å². The van der Waals surface area contributed by atoms with Crippen LogP contribution in [0.5, 0.6) is 40.2 Å². The highest BCUT2D eigenvalue weighted by molar-refractivity contribution is 5.92. The first-order valence-corrected chi connectivity index (χ1v) is 11.4. The van der Waals surface area contributed by atoms with E-state index < -0.39 is 57.2 Å². The predicted molar refractivity (Wildman–Crippen MR) is 132 cm³/mol. The molecule has 0 amide bonds. The van der Waals surface area contributed by atoms with Gasteiger partial charge in [-0.15, -0.1) is 0 Å². The lowest BCUT2D eigenvalue weighted by Crippen LogP contribution is -2.16. The second-order valence-electron chi connectivity index (χ2n) is 8.58. The van der Waals surface area contributed by atoms with Gasteiger partial charge in [0.1, 0.15) is 35.7 Å². The molecule has 1 atom stereocenters. The van der Waals surface area contributed by atoms with Gasteiger partial charge in [0.25, 0.3) is 0 Å². The number of carbonyl (C=O) groups is 1. The number of hydrogen-bond acceptors (Lipinski definition) is 11. The van der Waals surface area contributed by atoms with Crippen LogP contribution in [0.25, 0.3) is 22.3 Å². The van der Waals surface area contributed by atoms with Crippen molar-refractivity contribution in [2.24, 2.45) is 0 Å². The summed E-state index contributed by atoms with van der Waals surface area (Å²) in [6.07, 6.45) is -0.302. The first-order valence-electron chi connectivity index (χ1n) is 11.4. The molecule has 2 heterocycles. The van der Waals surface area contributed by atoms with Gasteiger partial charge in [-0.1, -0.05) is 6.07 Å². The minimum absolute atomic E-state index is 0.0226. The average molecular weight is 522 g/mol. The van der Waals surface area contributed by atoms with E-state index in [1.54, 1.807) is 18.2 Å². The Labute approximate surface area is 214 Å². The minimum atomic E-state index is -1.02. The maximum Gasteiger partial charge on any atom is 0.306 e. The van der Waals surface area contributed by atoms with Gasteiger partial charge in [-0.25, -0.2) is 0 Å².